The molecule has 1 heteroatoms. The molecule has 0 aliphatic heterocycles. The summed E-state index contributed by atoms with van der Waals surface area (Å²) in [5, 5.41) is 0. The van der Waals surface area contributed by atoms with Gasteiger partial charge in [0, 0.05) is 6.42 Å². The van der Waals surface area contributed by atoms with Gasteiger partial charge in [0.1, 0.15) is 5.78 Å². The van der Waals surface area contributed by atoms with Gasteiger partial charge in [-0.1, -0.05) is 57.5 Å². The van der Waals surface area contributed by atoms with Gasteiger partial charge in [-0.25, -0.2) is 0 Å². The Balaban J connectivity index is 3.01. The van der Waals surface area contributed by atoms with Crippen LogP contribution in [0.2, 0.25) is 0 Å². The molecule has 0 bridgehead atoms. The molecule has 0 heterocycles. The van der Waals surface area contributed by atoms with Crippen LogP contribution in [0.25, 0.3) is 0 Å². The minimum absolute atomic E-state index is 0.254. The Bertz CT molecular complexity index is 336. The van der Waals surface area contributed by atoms with Gasteiger partial charge in [-0.3, -0.25) is 4.79 Å². The molecule has 0 radical (unpaired) electrons. The van der Waals surface area contributed by atoms with Crippen molar-refractivity contribution < 1.29 is 4.79 Å². The number of carbonyl (C=O) groups is 1. The Morgan fingerprint density at radius 3 is 2.12 bits per heavy atom. The minimum atomic E-state index is -0.254. The van der Waals surface area contributed by atoms with Crippen LogP contribution in [0.15, 0.2) is 30.3 Å². The van der Waals surface area contributed by atoms with Gasteiger partial charge >= 0.3 is 0 Å². The van der Waals surface area contributed by atoms with Gasteiger partial charge < -0.3 is 0 Å². The molecule has 1 aromatic rings. The van der Waals surface area contributed by atoms with Crippen molar-refractivity contribution in [2.75, 3.05) is 0 Å². The molecule has 17 heavy (non-hydrogen) atoms. The maximum Gasteiger partial charge on any atom is 0.143 e. The van der Waals surface area contributed by atoms with E-state index in [9.17, 15) is 4.79 Å². The van der Waals surface area contributed by atoms with Gasteiger partial charge in [0.25, 0.3) is 0 Å². The zero-order chi connectivity index (χ0) is 12.7. The largest absolute Gasteiger partial charge is 0.299 e. The predicted octanol–water partition coefficient (Wildman–Crippen LogP) is 4.50. The highest BCUT2D eigenvalue weighted by Crippen LogP contribution is 2.34. The van der Waals surface area contributed by atoms with E-state index in [1.807, 2.05) is 18.2 Å². The van der Waals surface area contributed by atoms with E-state index in [1.54, 1.807) is 0 Å². The van der Waals surface area contributed by atoms with E-state index in [2.05, 4.69) is 32.9 Å². The molecule has 94 valence electrons. The molecule has 0 atom stereocenters. The molecule has 1 nitrogen and oxygen atoms in total. The highest BCUT2D eigenvalue weighted by atomic mass is 16.1. The molecule has 1 aromatic carbocycles. The summed E-state index contributed by atoms with van der Waals surface area (Å²) in [6.45, 7) is 6.38. The summed E-state index contributed by atoms with van der Waals surface area (Å²) in [5.74, 6) is 0.413. The molecule has 0 N–H and O–H groups in total. The second kappa shape index (κ2) is 6.58. The monoisotopic (exact) mass is 232 g/mol. The lowest BCUT2D eigenvalue weighted by atomic mass is 9.71. The van der Waals surface area contributed by atoms with Crippen LogP contribution in [0.5, 0.6) is 0 Å². The van der Waals surface area contributed by atoms with E-state index in [4.69, 9.17) is 0 Å². The maximum atomic E-state index is 12.5. The van der Waals surface area contributed by atoms with Gasteiger partial charge in [-0.15, -0.1) is 0 Å². The molecule has 0 saturated heterocycles. The second-order valence-electron chi connectivity index (χ2n) is 4.68. The van der Waals surface area contributed by atoms with Crippen molar-refractivity contribution in [3.8, 4) is 0 Å². The van der Waals surface area contributed by atoms with Crippen molar-refractivity contribution in [2.45, 2.75) is 58.3 Å². The van der Waals surface area contributed by atoms with E-state index < -0.39 is 0 Å². The van der Waals surface area contributed by atoms with Crippen molar-refractivity contribution >= 4 is 5.78 Å². The van der Waals surface area contributed by atoms with Gasteiger partial charge in [0.05, 0.1) is 5.41 Å². The standard InChI is InChI=1S/C16H24O/c1-4-7-13-15(17)16(5-2,6-3)14-11-9-8-10-12-14/h8-12H,4-7,13H2,1-3H3. The van der Waals surface area contributed by atoms with E-state index in [-0.39, 0.29) is 5.41 Å². The first kappa shape index (κ1) is 14.0. The van der Waals surface area contributed by atoms with Crippen molar-refractivity contribution in [1.82, 2.24) is 0 Å². The third kappa shape index (κ3) is 2.96. The summed E-state index contributed by atoms with van der Waals surface area (Å²) in [5.41, 5.74) is 0.933. The van der Waals surface area contributed by atoms with Crippen LogP contribution < -0.4 is 0 Å². The summed E-state index contributed by atoms with van der Waals surface area (Å²) in [6.07, 6.45) is 4.61. The van der Waals surface area contributed by atoms with Gasteiger partial charge in [-0.05, 0) is 24.8 Å². The molecule has 0 fully saturated rings. The van der Waals surface area contributed by atoms with Crippen molar-refractivity contribution in [3.05, 3.63) is 35.9 Å². The third-order valence-corrected chi connectivity index (χ3v) is 3.82. The molecule has 0 aliphatic rings. The second-order valence-corrected chi connectivity index (χ2v) is 4.68. The molecule has 0 unspecified atom stereocenters. The first-order valence-electron chi connectivity index (χ1n) is 6.80. The number of rotatable bonds is 7. The van der Waals surface area contributed by atoms with E-state index in [0.29, 0.717) is 12.2 Å². The van der Waals surface area contributed by atoms with Crippen molar-refractivity contribution in [3.63, 3.8) is 0 Å². The number of hydrogen-bond donors (Lipinski definition) is 0. The lowest BCUT2D eigenvalue weighted by Crippen LogP contribution is -2.34. The van der Waals surface area contributed by atoms with Gasteiger partial charge in [0.2, 0.25) is 0 Å². The number of unbranched alkanes of at least 4 members (excludes halogenated alkanes) is 1. The Morgan fingerprint density at radius 2 is 1.65 bits per heavy atom. The molecular weight excluding hydrogens is 208 g/mol. The molecule has 0 aromatic heterocycles. The SMILES string of the molecule is CCCCC(=O)C(CC)(CC)c1ccccc1. The number of Topliss-reactive ketones (excluding diaryl/α,β-unsaturated/α-hetero) is 1. The topological polar surface area (TPSA) is 17.1 Å². The molecule has 0 amide bonds. The number of hydrogen-bond acceptors (Lipinski definition) is 1. The lowest BCUT2D eigenvalue weighted by Gasteiger charge is -2.31. The summed E-state index contributed by atoms with van der Waals surface area (Å²) in [4.78, 5) is 12.5. The van der Waals surface area contributed by atoms with Crippen molar-refractivity contribution in [2.24, 2.45) is 0 Å². The minimum Gasteiger partial charge on any atom is -0.299 e. The summed E-state index contributed by atoms with van der Waals surface area (Å²) < 4.78 is 0. The average molecular weight is 232 g/mol. The van der Waals surface area contributed by atoms with Crippen LogP contribution in [-0.2, 0) is 10.2 Å². The Kier molecular flexibility index (Phi) is 5.40. The van der Waals surface area contributed by atoms with Gasteiger partial charge in [-0.2, -0.15) is 0 Å². The fourth-order valence-corrected chi connectivity index (χ4v) is 2.55. The van der Waals surface area contributed by atoms with Crippen LogP contribution in [0.3, 0.4) is 0 Å². The van der Waals surface area contributed by atoms with E-state index >= 15 is 0 Å². The average Bonchev–Trinajstić information content (AvgIpc) is 2.39. The lowest BCUT2D eigenvalue weighted by molar-refractivity contribution is -0.125. The zero-order valence-corrected chi connectivity index (χ0v) is 11.3. The van der Waals surface area contributed by atoms with Crippen LogP contribution in [0.4, 0.5) is 0 Å². The van der Waals surface area contributed by atoms with Gasteiger partial charge in [0.15, 0.2) is 0 Å². The van der Waals surface area contributed by atoms with Crippen LogP contribution >= 0.6 is 0 Å². The Labute approximate surface area is 105 Å². The van der Waals surface area contributed by atoms with Crippen LogP contribution in [-0.4, -0.2) is 5.78 Å². The third-order valence-electron chi connectivity index (χ3n) is 3.82. The summed E-state index contributed by atoms with van der Waals surface area (Å²) in [7, 11) is 0. The van der Waals surface area contributed by atoms with E-state index in [0.717, 1.165) is 25.7 Å². The van der Waals surface area contributed by atoms with E-state index in [1.165, 1.54) is 5.56 Å². The normalized spacial score (nSPS) is 11.5. The molecular formula is C16H24O. The Morgan fingerprint density at radius 1 is 1.06 bits per heavy atom. The fourth-order valence-electron chi connectivity index (χ4n) is 2.55. The molecule has 0 aliphatic carbocycles. The highest BCUT2D eigenvalue weighted by molar-refractivity contribution is 5.90. The van der Waals surface area contributed by atoms with Crippen LogP contribution in [0.1, 0.15) is 58.4 Å². The summed E-state index contributed by atoms with van der Waals surface area (Å²) in [6, 6.07) is 10.3. The fraction of sp³-hybridized carbons (Fsp3) is 0.562. The highest BCUT2D eigenvalue weighted by Gasteiger charge is 2.35. The molecule has 0 saturated carbocycles. The number of carbonyl (C=O) groups excluding carboxylic acids is 1. The zero-order valence-electron chi connectivity index (χ0n) is 11.3. The van der Waals surface area contributed by atoms with Crippen molar-refractivity contribution in [1.29, 1.82) is 0 Å². The summed E-state index contributed by atoms with van der Waals surface area (Å²) >= 11 is 0. The first-order chi connectivity index (χ1) is 8.21. The molecule has 1 rings (SSSR count). The number of ketones is 1. The molecule has 0 spiro atoms. The predicted molar refractivity (Wildman–Crippen MR) is 73.2 cm³/mol. The quantitative estimate of drug-likeness (QED) is 0.676. The number of benzene rings is 1. The smallest absolute Gasteiger partial charge is 0.143 e. The first-order valence-corrected chi connectivity index (χ1v) is 6.80. The Hall–Kier alpha value is -1.11. The van der Waals surface area contributed by atoms with Crippen LogP contribution in [0, 0.1) is 0 Å². The maximum absolute atomic E-state index is 12.5.